The normalized spacial score (nSPS) is 10.7. The Bertz CT molecular complexity index is 525. The molecule has 1 aromatic heterocycles. The van der Waals surface area contributed by atoms with Gasteiger partial charge in [-0.05, 0) is 28.1 Å². The monoisotopic (exact) mass is 275 g/mol. The van der Waals surface area contributed by atoms with Crippen molar-refractivity contribution >= 4 is 43.0 Å². The molecule has 0 unspecified atom stereocenters. The molecule has 0 bridgehead atoms. The van der Waals surface area contributed by atoms with E-state index >= 15 is 0 Å². The Balaban J connectivity index is 2.90. The van der Waals surface area contributed by atoms with Crippen LogP contribution in [0.5, 0.6) is 0 Å². The molecule has 0 aliphatic rings. The predicted octanol–water partition coefficient (Wildman–Crippen LogP) is 3.71. The molecule has 1 heterocycles. The molecule has 1 aromatic carbocycles. The topological polar surface area (TPSA) is 43.1 Å². The number of nitrogens with zero attached hydrogens (tertiary/aromatic N) is 1. The summed E-state index contributed by atoms with van der Waals surface area (Å²) in [7, 11) is 0. The van der Waals surface area contributed by atoms with Gasteiger partial charge in [-0.3, -0.25) is 10.1 Å². The molecule has 0 atom stereocenters. The van der Waals surface area contributed by atoms with Crippen LogP contribution in [0.4, 0.5) is 10.1 Å². The van der Waals surface area contributed by atoms with E-state index in [1.807, 2.05) is 0 Å². The number of benzene rings is 1. The highest BCUT2D eigenvalue weighted by Crippen LogP contribution is 2.38. The summed E-state index contributed by atoms with van der Waals surface area (Å²) < 4.78 is 14.1. The van der Waals surface area contributed by atoms with Crippen molar-refractivity contribution in [2.45, 2.75) is 0 Å². The van der Waals surface area contributed by atoms with Crippen LogP contribution in [0, 0.1) is 15.9 Å². The summed E-state index contributed by atoms with van der Waals surface area (Å²) in [6, 6.07) is 2.75. The molecule has 0 aliphatic heterocycles. The van der Waals surface area contributed by atoms with Gasteiger partial charge < -0.3 is 0 Å². The van der Waals surface area contributed by atoms with Gasteiger partial charge in [-0.1, -0.05) is 0 Å². The van der Waals surface area contributed by atoms with Crippen molar-refractivity contribution in [2.24, 2.45) is 0 Å². The largest absolute Gasteiger partial charge is 0.289 e. The van der Waals surface area contributed by atoms with Crippen LogP contribution in [-0.4, -0.2) is 4.92 Å². The van der Waals surface area contributed by atoms with Gasteiger partial charge >= 0.3 is 0 Å². The molecule has 2 aromatic rings. The first kappa shape index (κ1) is 9.54. The Hall–Kier alpha value is -1.01. The molecule has 0 saturated carbocycles. The number of thiophene rings is 1. The van der Waals surface area contributed by atoms with E-state index < -0.39 is 10.7 Å². The Labute approximate surface area is 90.4 Å². The van der Waals surface area contributed by atoms with Gasteiger partial charge in [-0.25, -0.2) is 4.39 Å². The van der Waals surface area contributed by atoms with E-state index in [9.17, 15) is 14.5 Å². The van der Waals surface area contributed by atoms with Crippen LogP contribution >= 0.6 is 27.3 Å². The first-order valence-electron chi connectivity index (χ1n) is 3.61. The fourth-order valence-electron chi connectivity index (χ4n) is 1.20. The molecular formula is C8H3BrFNO2S. The van der Waals surface area contributed by atoms with E-state index in [2.05, 4.69) is 15.9 Å². The Morgan fingerprint density at radius 2 is 2.21 bits per heavy atom. The first-order chi connectivity index (χ1) is 6.61. The van der Waals surface area contributed by atoms with E-state index in [4.69, 9.17) is 0 Å². The van der Waals surface area contributed by atoms with E-state index in [1.165, 1.54) is 17.5 Å². The highest BCUT2D eigenvalue weighted by Gasteiger charge is 2.19. The van der Waals surface area contributed by atoms with Crippen molar-refractivity contribution in [1.82, 2.24) is 0 Å². The molecule has 0 spiro atoms. The Morgan fingerprint density at radius 3 is 2.86 bits per heavy atom. The second-order valence-electron chi connectivity index (χ2n) is 2.61. The average Bonchev–Trinajstić information content (AvgIpc) is 2.56. The molecule has 0 N–H and O–H groups in total. The standard InChI is InChI=1S/C8H3BrFNO2S/c9-4-1-2-5(10)8-7(4)6(3-14-8)11(12)13/h1-3H. The zero-order valence-corrected chi connectivity index (χ0v) is 9.06. The van der Waals surface area contributed by atoms with Crippen molar-refractivity contribution in [1.29, 1.82) is 0 Å². The van der Waals surface area contributed by atoms with Gasteiger partial charge in [-0.2, -0.15) is 0 Å². The second-order valence-corrected chi connectivity index (χ2v) is 4.35. The molecule has 0 amide bonds. The third-order valence-electron chi connectivity index (χ3n) is 1.80. The molecule has 3 nitrogen and oxygen atoms in total. The van der Waals surface area contributed by atoms with Crippen LogP contribution in [0.15, 0.2) is 22.0 Å². The molecular weight excluding hydrogens is 273 g/mol. The second kappa shape index (κ2) is 3.29. The van der Waals surface area contributed by atoms with Crippen LogP contribution in [0.3, 0.4) is 0 Å². The molecule has 6 heteroatoms. The van der Waals surface area contributed by atoms with E-state index in [0.717, 1.165) is 11.3 Å². The molecule has 72 valence electrons. The quantitative estimate of drug-likeness (QED) is 0.588. The van der Waals surface area contributed by atoms with Crippen LogP contribution in [0.2, 0.25) is 0 Å². The number of hydrogen-bond donors (Lipinski definition) is 0. The maximum absolute atomic E-state index is 13.2. The average molecular weight is 276 g/mol. The zero-order chi connectivity index (χ0) is 10.3. The fraction of sp³-hybridized carbons (Fsp3) is 0. The minimum Gasteiger partial charge on any atom is -0.258 e. The molecule has 2 rings (SSSR count). The molecule has 0 saturated heterocycles. The van der Waals surface area contributed by atoms with Crippen LogP contribution in [-0.2, 0) is 0 Å². The van der Waals surface area contributed by atoms with E-state index in [1.54, 1.807) is 0 Å². The molecule has 0 fully saturated rings. The van der Waals surface area contributed by atoms with E-state index in [0.29, 0.717) is 14.6 Å². The summed E-state index contributed by atoms with van der Waals surface area (Å²) in [5.74, 6) is -0.429. The third kappa shape index (κ3) is 1.31. The van der Waals surface area contributed by atoms with Crippen molar-refractivity contribution in [2.75, 3.05) is 0 Å². The maximum Gasteiger partial charge on any atom is 0.289 e. The molecule has 14 heavy (non-hydrogen) atoms. The predicted molar refractivity (Wildman–Crippen MR) is 56.1 cm³/mol. The fourth-order valence-corrected chi connectivity index (χ4v) is 2.81. The van der Waals surface area contributed by atoms with Gasteiger partial charge in [0.1, 0.15) is 5.82 Å². The number of fused-ring (bicyclic) bond motifs is 1. The lowest BCUT2D eigenvalue weighted by Crippen LogP contribution is -1.86. The smallest absolute Gasteiger partial charge is 0.258 e. The van der Waals surface area contributed by atoms with E-state index in [-0.39, 0.29) is 5.69 Å². The third-order valence-corrected chi connectivity index (χ3v) is 3.44. The van der Waals surface area contributed by atoms with Crippen molar-refractivity contribution in [3.05, 3.63) is 37.9 Å². The van der Waals surface area contributed by atoms with Crippen molar-refractivity contribution in [3.8, 4) is 0 Å². The van der Waals surface area contributed by atoms with Gasteiger partial charge in [0.2, 0.25) is 0 Å². The zero-order valence-electron chi connectivity index (χ0n) is 6.66. The summed E-state index contributed by atoms with van der Waals surface area (Å²) >= 11 is 4.20. The Morgan fingerprint density at radius 1 is 1.50 bits per heavy atom. The van der Waals surface area contributed by atoms with Crippen LogP contribution in [0.25, 0.3) is 10.1 Å². The first-order valence-corrected chi connectivity index (χ1v) is 5.28. The van der Waals surface area contributed by atoms with Gasteiger partial charge in [0, 0.05) is 4.47 Å². The minimum atomic E-state index is -0.511. The SMILES string of the molecule is O=[N+]([O-])c1csc2c(F)ccc(Br)c12. The number of halogens is 2. The number of rotatable bonds is 1. The number of hydrogen-bond acceptors (Lipinski definition) is 3. The Kier molecular flexibility index (Phi) is 2.24. The lowest BCUT2D eigenvalue weighted by atomic mass is 10.2. The van der Waals surface area contributed by atoms with Gasteiger partial charge in [-0.15, -0.1) is 11.3 Å². The maximum atomic E-state index is 13.2. The van der Waals surface area contributed by atoms with Gasteiger partial charge in [0.05, 0.1) is 20.4 Å². The summed E-state index contributed by atoms with van der Waals surface area (Å²) in [5.41, 5.74) is -0.0589. The minimum absolute atomic E-state index is 0.0589. The van der Waals surface area contributed by atoms with Crippen LogP contribution < -0.4 is 0 Å². The lowest BCUT2D eigenvalue weighted by molar-refractivity contribution is -0.382. The van der Waals surface area contributed by atoms with Gasteiger partial charge in [0.15, 0.2) is 0 Å². The number of nitro groups is 1. The van der Waals surface area contributed by atoms with Gasteiger partial charge in [0.25, 0.3) is 5.69 Å². The summed E-state index contributed by atoms with van der Waals surface area (Å²) in [5, 5.41) is 12.3. The lowest BCUT2D eigenvalue weighted by Gasteiger charge is -1.95. The van der Waals surface area contributed by atoms with Crippen LogP contribution in [0.1, 0.15) is 0 Å². The molecule has 0 radical (unpaired) electrons. The summed E-state index contributed by atoms with van der Waals surface area (Å²) in [6.45, 7) is 0. The molecule has 0 aliphatic carbocycles. The highest BCUT2D eigenvalue weighted by molar-refractivity contribution is 9.10. The summed E-state index contributed by atoms with van der Waals surface area (Å²) in [6.07, 6.45) is 0. The van der Waals surface area contributed by atoms with Crippen molar-refractivity contribution < 1.29 is 9.31 Å². The van der Waals surface area contributed by atoms with Crippen molar-refractivity contribution in [3.63, 3.8) is 0 Å². The highest BCUT2D eigenvalue weighted by atomic mass is 79.9. The summed E-state index contributed by atoms with van der Waals surface area (Å²) in [4.78, 5) is 10.1.